The molecule has 0 bridgehead atoms. The second kappa shape index (κ2) is 8.58. The van der Waals surface area contributed by atoms with Crippen LogP contribution in [0.15, 0.2) is 36.9 Å². The SMILES string of the molecule is C=CCN1CCN(C(=O)Nc2ccc(N(CC)CC)cc2)CC1. The van der Waals surface area contributed by atoms with Gasteiger partial charge in [-0.1, -0.05) is 6.08 Å². The molecule has 0 atom stereocenters. The molecule has 1 aliphatic rings. The van der Waals surface area contributed by atoms with Gasteiger partial charge in [-0.15, -0.1) is 6.58 Å². The number of nitrogens with one attached hydrogen (secondary N) is 1. The van der Waals surface area contributed by atoms with Crippen molar-refractivity contribution >= 4 is 17.4 Å². The highest BCUT2D eigenvalue weighted by atomic mass is 16.2. The lowest BCUT2D eigenvalue weighted by molar-refractivity contribution is 0.156. The number of amides is 2. The van der Waals surface area contributed by atoms with Crippen molar-refractivity contribution in [3.8, 4) is 0 Å². The molecule has 1 heterocycles. The van der Waals surface area contributed by atoms with E-state index in [1.807, 2.05) is 23.1 Å². The Morgan fingerprint density at radius 2 is 1.78 bits per heavy atom. The molecule has 2 rings (SSSR count). The summed E-state index contributed by atoms with van der Waals surface area (Å²) >= 11 is 0. The van der Waals surface area contributed by atoms with Crippen molar-refractivity contribution in [1.29, 1.82) is 0 Å². The fraction of sp³-hybridized carbons (Fsp3) is 0.500. The van der Waals surface area contributed by atoms with Gasteiger partial charge < -0.3 is 15.1 Å². The molecular weight excluding hydrogens is 288 g/mol. The molecule has 0 radical (unpaired) electrons. The molecule has 1 aromatic carbocycles. The zero-order valence-electron chi connectivity index (χ0n) is 14.3. The molecule has 5 heteroatoms. The third-order valence-electron chi connectivity index (χ3n) is 4.29. The number of benzene rings is 1. The van der Waals surface area contributed by atoms with Crippen molar-refractivity contribution in [3.63, 3.8) is 0 Å². The maximum atomic E-state index is 12.3. The number of hydrogen-bond acceptors (Lipinski definition) is 3. The molecule has 1 N–H and O–H groups in total. The zero-order valence-corrected chi connectivity index (χ0v) is 14.3. The predicted molar refractivity (Wildman–Crippen MR) is 97.2 cm³/mol. The van der Waals surface area contributed by atoms with Crippen molar-refractivity contribution < 1.29 is 4.79 Å². The second-order valence-electron chi connectivity index (χ2n) is 5.73. The minimum Gasteiger partial charge on any atom is -0.372 e. The Labute approximate surface area is 139 Å². The first kappa shape index (κ1) is 17.3. The van der Waals surface area contributed by atoms with Gasteiger partial charge in [-0.3, -0.25) is 4.90 Å². The van der Waals surface area contributed by atoms with E-state index in [0.29, 0.717) is 0 Å². The summed E-state index contributed by atoms with van der Waals surface area (Å²) in [5.74, 6) is 0. The molecule has 2 amide bonds. The van der Waals surface area contributed by atoms with Crippen molar-refractivity contribution in [2.24, 2.45) is 0 Å². The van der Waals surface area contributed by atoms with Crippen LogP contribution in [0.1, 0.15) is 13.8 Å². The van der Waals surface area contributed by atoms with E-state index >= 15 is 0 Å². The van der Waals surface area contributed by atoms with Gasteiger partial charge in [0, 0.05) is 57.2 Å². The lowest BCUT2D eigenvalue weighted by Crippen LogP contribution is -2.49. The van der Waals surface area contributed by atoms with Gasteiger partial charge in [0.2, 0.25) is 0 Å². The Kier molecular flexibility index (Phi) is 6.47. The molecule has 0 unspecified atom stereocenters. The van der Waals surface area contributed by atoms with Crippen molar-refractivity contribution in [2.45, 2.75) is 13.8 Å². The number of piperazine rings is 1. The largest absolute Gasteiger partial charge is 0.372 e. The first-order chi connectivity index (χ1) is 11.2. The minimum absolute atomic E-state index is 0.0150. The Balaban J connectivity index is 1.87. The van der Waals surface area contributed by atoms with E-state index in [0.717, 1.165) is 51.5 Å². The van der Waals surface area contributed by atoms with Crippen LogP contribution in [0.4, 0.5) is 16.2 Å². The average molecular weight is 316 g/mol. The van der Waals surface area contributed by atoms with Gasteiger partial charge >= 0.3 is 6.03 Å². The molecule has 1 saturated heterocycles. The summed E-state index contributed by atoms with van der Waals surface area (Å²) in [4.78, 5) is 18.8. The second-order valence-corrected chi connectivity index (χ2v) is 5.73. The minimum atomic E-state index is -0.0150. The fourth-order valence-corrected chi connectivity index (χ4v) is 2.86. The summed E-state index contributed by atoms with van der Waals surface area (Å²) in [6, 6.07) is 8.05. The molecule has 0 saturated carbocycles. The van der Waals surface area contributed by atoms with E-state index in [9.17, 15) is 4.79 Å². The topological polar surface area (TPSA) is 38.8 Å². The number of anilines is 2. The van der Waals surface area contributed by atoms with Gasteiger partial charge in [0.25, 0.3) is 0 Å². The molecule has 23 heavy (non-hydrogen) atoms. The van der Waals surface area contributed by atoms with Crippen molar-refractivity contribution in [3.05, 3.63) is 36.9 Å². The number of carbonyl (C=O) groups is 1. The third-order valence-corrected chi connectivity index (χ3v) is 4.29. The zero-order chi connectivity index (χ0) is 16.7. The quantitative estimate of drug-likeness (QED) is 0.820. The highest BCUT2D eigenvalue weighted by molar-refractivity contribution is 5.89. The van der Waals surface area contributed by atoms with Crippen LogP contribution >= 0.6 is 0 Å². The van der Waals surface area contributed by atoms with E-state index in [1.54, 1.807) is 0 Å². The van der Waals surface area contributed by atoms with Crippen LogP contribution in [0.2, 0.25) is 0 Å². The summed E-state index contributed by atoms with van der Waals surface area (Å²) in [6.07, 6.45) is 1.91. The number of carbonyl (C=O) groups excluding carboxylic acids is 1. The monoisotopic (exact) mass is 316 g/mol. The van der Waals surface area contributed by atoms with Gasteiger partial charge in [-0.2, -0.15) is 0 Å². The van der Waals surface area contributed by atoms with E-state index in [-0.39, 0.29) is 6.03 Å². The lowest BCUT2D eigenvalue weighted by Gasteiger charge is -2.34. The maximum absolute atomic E-state index is 12.3. The molecule has 0 spiro atoms. The summed E-state index contributed by atoms with van der Waals surface area (Å²) in [5, 5.41) is 2.99. The molecule has 0 aliphatic carbocycles. The van der Waals surface area contributed by atoms with Crippen molar-refractivity contribution in [2.75, 3.05) is 56.0 Å². The van der Waals surface area contributed by atoms with Crippen LogP contribution in [-0.2, 0) is 0 Å². The van der Waals surface area contributed by atoms with E-state index in [2.05, 4.69) is 47.7 Å². The molecule has 1 fully saturated rings. The molecule has 0 aromatic heterocycles. The van der Waals surface area contributed by atoms with Crippen LogP contribution < -0.4 is 10.2 Å². The van der Waals surface area contributed by atoms with Crippen LogP contribution in [-0.4, -0.2) is 61.6 Å². The number of urea groups is 1. The van der Waals surface area contributed by atoms with Gasteiger partial charge in [0.05, 0.1) is 0 Å². The Morgan fingerprint density at radius 3 is 2.30 bits per heavy atom. The summed E-state index contributed by atoms with van der Waals surface area (Å²) < 4.78 is 0. The van der Waals surface area contributed by atoms with Gasteiger partial charge in [-0.05, 0) is 38.1 Å². The molecule has 5 nitrogen and oxygen atoms in total. The molecule has 1 aromatic rings. The number of hydrogen-bond donors (Lipinski definition) is 1. The average Bonchev–Trinajstić information content (AvgIpc) is 2.58. The van der Waals surface area contributed by atoms with Gasteiger partial charge in [-0.25, -0.2) is 4.79 Å². The van der Waals surface area contributed by atoms with Crippen LogP contribution in [0.25, 0.3) is 0 Å². The standard InChI is InChI=1S/C18H28N4O/c1-4-11-20-12-14-22(15-13-20)18(23)19-16-7-9-17(10-8-16)21(5-2)6-3/h4,7-10H,1,5-6,11-15H2,2-3H3,(H,19,23). The molecule has 126 valence electrons. The van der Waals surface area contributed by atoms with E-state index in [4.69, 9.17) is 0 Å². The number of rotatable bonds is 6. The van der Waals surface area contributed by atoms with Crippen LogP contribution in [0.3, 0.4) is 0 Å². The first-order valence-electron chi connectivity index (χ1n) is 8.42. The third kappa shape index (κ3) is 4.73. The Hall–Kier alpha value is -2.01. The van der Waals surface area contributed by atoms with Gasteiger partial charge in [0.15, 0.2) is 0 Å². The molecular formula is C18H28N4O. The van der Waals surface area contributed by atoms with E-state index < -0.39 is 0 Å². The predicted octanol–water partition coefficient (Wildman–Crippen LogP) is 2.87. The highest BCUT2D eigenvalue weighted by Gasteiger charge is 2.20. The summed E-state index contributed by atoms with van der Waals surface area (Å²) in [7, 11) is 0. The van der Waals surface area contributed by atoms with Crippen LogP contribution in [0.5, 0.6) is 0 Å². The highest BCUT2D eigenvalue weighted by Crippen LogP contribution is 2.18. The van der Waals surface area contributed by atoms with E-state index in [1.165, 1.54) is 5.69 Å². The van der Waals surface area contributed by atoms with Gasteiger partial charge in [0.1, 0.15) is 0 Å². The molecule has 1 aliphatic heterocycles. The summed E-state index contributed by atoms with van der Waals surface area (Å²) in [6.45, 7) is 14.2. The Morgan fingerprint density at radius 1 is 1.17 bits per heavy atom. The smallest absolute Gasteiger partial charge is 0.321 e. The first-order valence-corrected chi connectivity index (χ1v) is 8.42. The fourth-order valence-electron chi connectivity index (χ4n) is 2.86. The van der Waals surface area contributed by atoms with Crippen molar-refractivity contribution in [1.82, 2.24) is 9.80 Å². The lowest BCUT2D eigenvalue weighted by atomic mass is 10.2. The summed E-state index contributed by atoms with van der Waals surface area (Å²) in [5.41, 5.74) is 2.03. The normalized spacial score (nSPS) is 15.3. The Bertz CT molecular complexity index is 502. The maximum Gasteiger partial charge on any atom is 0.321 e. The van der Waals surface area contributed by atoms with Crippen LogP contribution in [0, 0.1) is 0 Å². The number of nitrogens with zero attached hydrogens (tertiary/aromatic N) is 3.